The third-order valence-electron chi connectivity index (χ3n) is 2.97. The van der Waals surface area contributed by atoms with Gasteiger partial charge in [-0.25, -0.2) is 0 Å². The molecule has 0 aromatic heterocycles. The lowest BCUT2D eigenvalue weighted by Gasteiger charge is -2.19. The Bertz CT molecular complexity index is 337. The molecule has 0 heterocycles. The lowest BCUT2D eigenvalue weighted by atomic mass is 10.0. The maximum Gasteiger partial charge on any atom is 0.224 e. The van der Waals surface area contributed by atoms with E-state index < -0.39 is 0 Å². The fourth-order valence-corrected chi connectivity index (χ4v) is 1.83. The van der Waals surface area contributed by atoms with Gasteiger partial charge in [0, 0.05) is 6.54 Å². The van der Waals surface area contributed by atoms with E-state index in [9.17, 15) is 4.79 Å². The van der Waals surface area contributed by atoms with Gasteiger partial charge in [-0.1, -0.05) is 37.3 Å². The Balaban J connectivity index is 2.56. The van der Waals surface area contributed by atoms with E-state index in [4.69, 9.17) is 0 Å². The van der Waals surface area contributed by atoms with Gasteiger partial charge in [-0.2, -0.15) is 0 Å². The van der Waals surface area contributed by atoms with Crippen LogP contribution in [0, 0.1) is 5.92 Å². The van der Waals surface area contributed by atoms with Crippen LogP contribution in [0.25, 0.3) is 0 Å². The SMILES string of the molecule is CCC(CNC)C(=O)NC(C)c1ccccc1. The Labute approximate surface area is 104 Å². The van der Waals surface area contributed by atoms with Crippen molar-refractivity contribution in [3.05, 3.63) is 35.9 Å². The molecule has 2 atom stereocenters. The summed E-state index contributed by atoms with van der Waals surface area (Å²) in [4.78, 5) is 12.0. The maximum absolute atomic E-state index is 12.0. The molecular weight excluding hydrogens is 212 g/mol. The van der Waals surface area contributed by atoms with E-state index in [2.05, 4.69) is 10.6 Å². The summed E-state index contributed by atoms with van der Waals surface area (Å²) in [5.74, 6) is 0.171. The molecule has 0 saturated heterocycles. The molecule has 0 fully saturated rings. The Hall–Kier alpha value is -1.35. The zero-order chi connectivity index (χ0) is 12.7. The minimum Gasteiger partial charge on any atom is -0.349 e. The number of amides is 1. The van der Waals surface area contributed by atoms with E-state index in [0.29, 0.717) is 0 Å². The third kappa shape index (κ3) is 4.19. The molecule has 0 bridgehead atoms. The van der Waals surface area contributed by atoms with Gasteiger partial charge in [0.05, 0.1) is 12.0 Å². The lowest BCUT2D eigenvalue weighted by Crippen LogP contribution is -2.37. The fourth-order valence-electron chi connectivity index (χ4n) is 1.83. The summed E-state index contributed by atoms with van der Waals surface area (Å²) < 4.78 is 0. The standard InChI is InChI=1S/C14H22N2O/c1-4-12(10-15-3)14(17)16-11(2)13-8-6-5-7-9-13/h5-9,11-12,15H,4,10H2,1-3H3,(H,16,17). The number of nitrogens with one attached hydrogen (secondary N) is 2. The first kappa shape index (κ1) is 13.7. The second kappa shape index (κ2) is 7.07. The molecule has 2 N–H and O–H groups in total. The summed E-state index contributed by atoms with van der Waals surface area (Å²) in [5, 5.41) is 6.10. The van der Waals surface area contributed by atoms with Gasteiger partial charge in [0.1, 0.15) is 0 Å². The Kier molecular flexibility index (Phi) is 5.70. The van der Waals surface area contributed by atoms with Crippen LogP contribution in [0.4, 0.5) is 0 Å². The van der Waals surface area contributed by atoms with Gasteiger partial charge in [-0.05, 0) is 26.0 Å². The van der Waals surface area contributed by atoms with Crippen molar-refractivity contribution in [2.45, 2.75) is 26.3 Å². The van der Waals surface area contributed by atoms with Gasteiger partial charge in [-0.3, -0.25) is 4.79 Å². The van der Waals surface area contributed by atoms with E-state index in [1.54, 1.807) is 0 Å². The van der Waals surface area contributed by atoms with Crippen LogP contribution in [-0.2, 0) is 4.79 Å². The molecule has 1 amide bonds. The molecule has 94 valence electrons. The summed E-state index contributed by atoms with van der Waals surface area (Å²) in [7, 11) is 1.87. The molecule has 2 unspecified atom stereocenters. The topological polar surface area (TPSA) is 41.1 Å². The van der Waals surface area contributed by atoms with Crippen LogP contribution in [0.3, 0.4) is 0 Å². The zero-order valence-electron chi connectivity index (χ0n) is 10.9. The first-order chi connectivity index (χ1) is 8.19. The smallest absolute Gasteiger partial charge is 0.224 e. The van der Waals surface area contributed by atoms with Crippen molar-refractivity contribution < 1.29 is 4.79 Å². The summed E-state index contributed by atoms with van der Waals surface area (Å²) in [6.45, 7) is 4.78. The third-order valence-corrected chi connectivity index (χ3v) is 2.97. The molecule has 0 aliphatic carbocycles. The number of hydrogen-bond acceptors (Lipinski definition) is 2. The van der Waals surface area contributed by atoms with E-state index in [-0.39, 0.29) is 17.9 Å². The summed E-state index contributed by atoms with van der Waals surface area (Å²) in [5.41, 5.74) is 1.14. The van der Waals surface area contributed by atoms with Gasteiger partial charge in [-0.15, -0.1) is 0 Å². The van der Waals surface area contributed by atoms with Crippen molar-refractivity contribution in [2.24, 2.45) is 5.92 Å². The second-order valence-electron chi connectivity index (χ2n) is 4.30. The monoisotopic (exact) mass is 234 g/mol. The summed E-state index contributed by atoms with van der Waals surface area (Å²) in [6, 6.07) is 10.1. The van der Waals surface area contributed by atoms with Gasteiger partial charge in [0.25, 0.3) is 0 Å². The van der Waals surface area contributed by atoms with Crippen LogP contribution in [0.2, 0.25) is 0 Å². The quantitative estimate of drug-likeness (QED) is 0.791. The Morgan fingerprint density at radius 3 is 2.47 bits per heavy atom. The van der Waals surface area contributed by atoms with E-state index in [1.165, 1.54) is 0 Å². The minimum absolute atomic E-state index is 0.0474. The molecule has 0 aliphatic rings. The average Bonchev–Trinajstić information content (AvgIpc) is 2.36. The van der Waals surface area contributed by atoms with Gasteiger partial charge >= 0.3 is 0 Å². The van der Waals surface area contributed by atoms with Crippen molar-refractivity contribution >= 4 is 5.91 Å². The predicted molar refractivity (Wildman–Crippen MR) is 70.7 cm³/mol. The van der Waals surface area contributed by atoms with Gasteiger partial charge in [0.2, 0.25) is 5.91 Å². The number of rotatable bonds is 6. The van der Waals surface area contributed by atoms with Crippen molar-refractivity contribution in [3.63, 3.8) is 0 Å². The summed E-state index contributed by atoms with van der Waals surface area (Å²) >= 11 is 0. The van der Waals surface area contributed by atoms with E-state index in [0.717, 1.165) is 18.5 Å². The van der Waals surface area contributed by atoms with E-state index in [1.807, 2.05) is 51.2 Å². The van der Waals surface area contributed by atoms with Crippen LogP contribution in [0.5, 0.6) is 0 Å². The van der Waals surface area contributed by atoms with Gasteiger partial charge < -0.3 is 10.6 Å². The zero-order valence-corrected chi connectivity index (χ0v) is 10.9. The highest BCUT2D eigenvalue weighted by Crippen LogP contribution is 2.12. The Morgan fingerprint density at radius 1 is 1.29 bits per heavy atom. The molecular formula is C14H22N2O. The molecule has 3 heteroatoms. The molecule has 0 aliphatic heterocycles. The van der Waals surface area contributed by atoms with Crippen LogP contribution >= 0.6 is 0 Å². The van der Waals surface area contributed by atoms with E-state index >= 15 is 0 Å². The van der Waals surface area contributed by atoms with Crippen LogP contribution < -0.4 is 10.6 Å². The Morgan fingerprint density at radius 2 is 1.94 bits per heavy atom. The number of hydrogen-bond donors (Lipinski definition) is 2. The highest BCUT2D eigenvalue weighted by atomic mass is 16.1. The normalized spacial score (nSPS) is 14.1. The largest absolute Gasteiger partial charge is 0.349 e. The first-order valence-electron chi connectivity index (χ1n) is 6.19. The molecule has 17 heavy (non-hydrogen) atoms. The highest BCUT2D eigenvalue weighted by Gasteiger charge is 2.17. The second-order valence-corrected chi connectivity index (χ2v) is 4.30. The number of carbonyl (C=O) groups excluding carboxylic acids is 1. The molecule has 0 spiro atoms. The van der Waals surface area contributed by atoms with Crippen LogP contribution in [0.15, 0.2) is 30.3 Å². The van der Waals surface area contributed by atoms with Crippen LogP contribution in [-0.4, -0.2) is 19.5 Å². The first-order valence-corrected chi connectivity index (χ1v) is 6.19. The molecule has 1 aromatic rings. The molecule has 0 saturated carbocycles. The van der Waals surface area contributed by atoms with Crippen LogP contribution in [0.1, 0.15) is 31.9 Å². The van der Waals surface area contributed by atoms with Crippen molar-refractivity contribution in [1.82, 2.24) is 10.6 Å². The molecule has 0 radical (unpaired) electrons. The van der Waals surface area contributed by atoms with Crippen molar-refractivity contribution in [2.75, 3.05) is 13.6 Å². The van der Waals surface area contributed by atoms with Crippen molar-refractivity contribution in [1.29, 1.82) is 0 Å². The lowest BCUT2D eigenvalue weighted by molar-refractivity contribution is -0.125. The molecule has 1 rings (SSSR count). The fraction of sp³-hybridized carbons (Fsp3) is 0.500. The number of benzene rings is 1. The van der Waals surface area contributed by atoms with Gasteiger partial charge in [0.15, 0.2) is 0 Å². The minimum atomic E-state index is 0.0474. The highest BCUT2D eigenvalue weighted by molar-refractivity contribution is 5.79. The number of carbonyl (C=O) groups is 1. The predicted octanol–water partition coefficient (Wildman–Crippen LogP) is 2.11. The van der Waals surface area contributed by atoms with Crippen molar-refractivity contribution in [3.8, 4) is 0 Å². The average molecular weight is 234 g/mol. The molecule has 3 nitrogen and oxygen atoms in total. The maximum atomic E-state index is 12.0. The molecule has 1 aromatic carbocycles. The summed E-state index contributed by atoms with van der Waals surface area (Å²) in [6.07, 6.45) is 0.855.